The number of oxazole rings is 1. The number of rotatable bonds is 6. The number of benzene rings is 1. The first-order valence-corrected chi connectivity index (χ1v) is 9.57. The van der Waals surface area contributed by atoms with E-state index in [0.29, 0.717) is 12.4 Å². The number of ether oxygens (including phenoxy) is 1. The molecule has 0 bridgehead atoms. The molecule has 1 atom stereocenters. The highest BCUT2D eigenvalue weighted by Crippen LogP contribution is 2.25. The van der Waals surface area contributed by atoms with E-state index in [1.165, 1.54) is 4.90 Å². The number of morpholine rings is 1. The molecule has 1 aromatic carbocycles. The minimum absolute atomic E-state index is 0. The first-order valence-electron chi connectivity index (χ1n) is 8.34. The molecule has 1 fully saturated rings. The predicted molar refractivity (Wildman–Crippen MR) is 112 cm³/mol. The van der Waals surface area contributed by atoms with Gasteiger partial charge in [-0.05, 0) is 50.4 Å². The van der Waals surface area contributed by atoms with Gasteiger partial charge in [0.1, 0.15) is 5.76 Å². The summed E-state index contributed by atoms with van der Waals surface area (Å²) in [5, 5.41) is 0. The first kappa shape index (κ1) is 23.3. The van der Waals surface area contributed by atoms with Crippen LogP contribution in [-0.4, -0.2) is 48.5 Å². The Hall–Kier alpha value is -0.760. The third-order valence-corrected chi connectivity index (χ3v) is 5.06. The summed E-state index contributed by atoms with van der Waals surface area (Å²) in [5.74, 6) is 1.59. The Morgan fingerprint density at radius 1 is 1.27 bits per heavy atom. The summed E-state index contributed by atoms with van der Waals surface area (Å²) in [6, 6.07) is 8.32. The van der Waals surface area contributed by atoms with Crippen LogP contribution in [0, 0.1) is 6.92 Å². The molecule has 0 saturated carbocycles. The number of nitrogens with zero attached hydrogens (tertiary/aromatic N) is 2. The van der Waals surface area contributed by atoms with Crippen LogP contribution < -0.4 is 5.73 Å². The van der Waals surface area contributed by atoms with Gasteiger partial charge < -0.3 is 14.9 Å². The summed E-state index contributed by atoms with van der Waals surface area (Å²) in [6.45, 7) is 6.03. The number of hydrogen-bond donors (Lipinski definition) is 1. The number of nitrogens with two attached hydrogens (primary N) is 1. The van der Waals surface area contributed by atoms with Gasteiger partial charge in [0.05, 0.1) is 18.4 Å². The molecule has 0 aliphatic carbocycles. The summed E-state index contributed by atoms with van der Waals surface area (Å²) in [5.41, 5.74) is 7.67. The van der Waals surface area contributed by atoms with E-state index >= 15 is 0 Å². The Kier molecular flexibility index (Phi) is 10.00. The maximum Gasteiger partial charge on any atom is 0.226 e. The van der Waals surface area contributed by atoms with Crippen LogP contribution in [0.1, 0.15) is 17.9 Å². The number of hydrogen-bond acceptors (Lipinski definition) is 6. The topological polar surface area (TPSA) is 64.5 Å². The van der Waals surface area contributed by atoms with Crippen molar-refractivity contribution < 1.29 is 9.15 Å². The molecule has 1 aromatic heterocycles. The van der Waals surface area contributed by atoms with E-state index in [2.05, 4.69) is 35.4 Å². The summed E-state index contributed by atoms with van der Waals surface area (Å²) in [7, 11) is 0. The van der Waals surface area contributed by atoms with Crippen LogP contribution in [0.5, 0.6) is 0 Å². The second-order valence-electron chi connectivity index (χ2n) is 6.06. The maximum atomic E-state index is 5.89. The van der Waals surface area contributed by atoms with Crippen molar-refractivity contribution in [2.45, 2.75) is 30.9 Å². The highest BCUT2D eigenvalue weighted by molar-refractivity contribution is 7.98. The highest BCUT2D eigenvalue weighted by Gasteiger charge is 2.22. The van der Waals surface area contributed by atoms with Gasteiger partial charge in [0, 0.05) is 30.1 Å². The van der Waals surface area contributed by atoms with E-state index in [9.17, 15) is 0 Å². The lowest BCUT2D eigenvalue weighted by atomic mass is 10.2. The normalized spacial score (nSPS) is 17.4. The molecule has 2 N–H and O–H groups in total. The van der Waals surface area contributed by atoms with Crippen LogP contribution >= 0.6 is 36.6 Å². The summed E-state index contributed by atoms with van der Waals surface area (Å²) in [6.07, 6.45) is 3.21. The van der Waals surface area contributed by atoms with Crippen molar-refractivity contribution in [1.29, 1.82) is 0 Å². The molecule has 0 spiro atoms. The Morgan fingerprint density at radius 2 is 2.00 bits per heavy atom. The number of aromatic nitrogens is 1. The second kappa shape index (κ2) is 11.2. The van der Waals surface area contributed by atoms with E-state index in [1.54, 1.807) is 11.8 Å². The van der Waals surface area contributed by atoms with Gasteiger partial charge >= 0.3 is 0 Å². The zero-order valence-electron chi connectivity index (χ0n) is 15.1. The molecule has 2 aromatic rings. The van der Waals surface area contributed by atoms with Gasteiger partial charge in [0.2, 0.25) is 5.89 Å². The molecular weight excluding hydrogens is 393 g/mol. The lowest BCUT2D eigenvalue weighted by Crippen LogP contribution is -2.42. The molecule has 3 rings (SSSR count). The summed E-state index contributed by atoms with van der Waals surface area (Å²) in [4.78, 5) is 8.33. The Morgan fingerprint density at radius 3 is 2.65 bits per heavy atom. The lowest BCUT2D eigenvalue weighted by molar-refractivity contribution is -0.0339. The molecule has 146 valence electrons. The van der Waals surface area contributed by atoms with Gasteiger partial charge in [-0.2, -0.15) is 0 Å². The molecule has 1 saturated heterocycles. The van der Waals surface area contributed by atoms with Gasteiger partial charge in [-0.15, -0.1) is 36.6 Å². The number of aryl methyl sites for hydroxylation is 1. The van der Waals surface area contributed by atoms with Crippen LogP contribution in [0.2, 0.25) is 0 Å². The zero-order valence-corrected chi connectivity index (χ0v) is 17.6. The minimum Gasteiger partial charge on any atom is -0.441 e. The molecule has 0 amide bonds. The summed E-state index contributed by atoms with van der Waals surface area (Å²) < 4.78 is 11.6. The largest absolute Gasteiger partial charge is 0.441 e. The van der Waals surface area contributed by atoms with Crippen molar-refractivity contribution in [2.75, 3.05) is 32.5 Å². The fraction of sp³-hybridized carbons (Fsp3) is 0.500. The molecule has 8 heteroatoms. The van der Waals surface area contributed by atoms with Crippen molar-refractivity contribution in [3.63, 3.8) is 0 Å². The maximum absolute atomic E-state index is 5.89. The van der Waals surface area contributed by atoms with Crippen LogP contribution in [0.15, 0.2) is 33.6 Å². The molecule has 1 aliphatic heterocycles. The predicted octanol–water partition coefficient (Wildman–Crippen LogP) is 3.77. The molecule has 1 aliphatic rings. The van der Waals surface area contributed by atoms with Crippen molar-refractivity contribution in [1.82, 2.24) is 9.88 Å². The van der Waals surface area contributed by atoms with Crippen molar-refractivity contribution in [2.24, 2.45) is 5.73 Å². The minimum atomic E-state index is 0. The van der Waals surface area contributed by atoms with E-state index in [-0.39, 0.29) is 30.9 Å². The van der Waals surface area contributed by atoms with Crippen molar-refractivity contribution in [3.05, 3.63) is 35.7 Å². The molecular formula is C18H27Cl2N3O2S. The smallest absolute Gasteiger partial charge is 0.226 e. The summed E-state index contributed by atoms with van der Waals surface area (Å²) >= 11 is 1.73. The van der Waals surface area contributed by atoms with Crippen molar-refractivity contribution in [3.8, 4) is 11.5 Å². The quantitative estimate of drug-likeness (QED) is 0.718. The van der Waals surface area contributed by atoms with Crippen LogP contribution in [0.3, 0.4) is 0 Å². The average Bonchev–Trinajstić information content (AvgIpc) is 2.96. The Balaban J connectivity index is 0.00000169. The Bertz CT molecular complexity index is 665. The molecule has 1 unspecified atom stereocenters. The van der Waals surface area contributed by atoms with E-state index in [4.69, 9.17) is 19.9 Å². The van der Waals surface area contributed by atoms with Crippen LogP contribution in [0.25, 0.3) is 11.5 Å². The van der Waals surface area contributed by atoms with Gasteiger partial charge in [-0.1, -0.05) is 0 Å². The van der Waals surface area contributed by atoms with E-state index < -0.39 is 0 Å². The zero-order chi connectivity index (χ0) is 16.9. The standard InChI is InChI=1S/C18H25N3O2S.2ClH/c1-13-17(12-21-9-10-22-15(11-21)7-8-19)20-18(23-13)14-3-5-16(24-2)6-4-14;;/h3-6,15H,7-12,19H2,1-2H3;2*1H. The van der Waals surface area contributed by atoms with Crippen molar-refractivity contribution >= 4 is 36.6 Å². The van der Waals surface area contributed by atoms with E-state index in [1.807, 2.05) is 6.92 Å². The molecule has 26 heavy (non-hydrogen) atoms. The van der Waals surface area contributed by atoms with Crippen LogP contribution in [0.4, 0.5) is 0 Å². The third-order valence-electron chi connectivity index (χ3n) is 4.31. The molecule has 5 nitrogen and oxygen atoms in total. The van der Waals surface area contributed by atoms with Gasteiger partial charge in [-0.3, -0.25) is 4.90 Å². The second-order valence-corrected chi connectivity index (χ2v) is 6.94. The molecule has 0 radical (unpaired) electrons. The van der Waals surface area contributed by atoms with Crippen LogP contribution in [-0.2, 0) is 11.3 Å². The monoisotopic (exact) mass is 419 g/mol. The fourth-order valence-corrected chi connectivity index (χ4v) is 3.34. The number of thioether (sulfide) groups is 1. The average molecular weight is 420 g/mol. The molecule has 2 heterocycles. The third kappa shape index (κ3) is 5.87. The SMILES string of the molecule is CSc1ccc(-c2nc(CN3CCOC(CCN)C3)c(C)o2)cc1.Cl.Cl. The number of halogens is 2. The van der Waals surface area contributed by atoms with Gasteiger partial charge in [-0.25, -0.2) is 4.98 Å². The van der Waals surface area contributed by atoms with E-state index in [0.717, 1.165) is 49.7 Å². The first-order chi connectivity index (χ1) is 11.7. The van der Waals surface area contributed by atoms with Gasteiger partial charge in [0.15, 0.2) is 0 Å². The highest BCUT2D eigenvalue weighted by atomic mass is 35.5. The lowest BCUT2D eigenvalue weighted by Gasteiger charge is -2.32. The Labute approximate surface area is 171 Å². The fourth-order valence-electron chi connectivity index (χ4n) is 2.93. The van der Waals surface area contributed by atoms with Gasteiger partial charge in [0.25, 0.3) is 0 Å².